The average Bonchev–Trinajstić information content (AvgIpc) is 2.31. The molecule has 0 N–H and O–H groups in total. The lowest BCUT2D eigenvalue weighted by Crippen LogP contribution is -1.97. The van der Waals surface area contributed by atoms with Gasteiger partial charge in [-0.2, -0.15) is 0 Å². The molecular weight excluding hydrogens is 196 g/mol. The normalized spacial score (nSPS) is 10.1. The van der Waals surface area contributed by atoms with Gasteiger partial charge < -0.3 is 4.74 Å². The molecule has 0 amide bonds. The Morgan fingerprint density at radius 1 is 1.12 bits per heavy atom. The summed E-state index contributed by atoms with van der Waals surface area (Å²) in [6, 6.07) is 8.28. The van der Waals surface area contributed by atoms with E-state index in [1.807, 2.05) is 18.2 Å². The molecule has 0 radical (unpaired) electrons. The van der Waals surface area contributed by atoms with Gasteiger partial charge in [0.2, 0.25) is 0 Å². The predicted octanol–water partition coefficient (Wildman–Crippen LogP) is 4.37. The Balaban J connectivity index is 2.23. The lowest BCUT2D eigenvalue weighted by atomic mass is 10.1. The highest BCUT2D eigenvalue weighted by molar-refractivity contribution is 5.28. The molecule has 1 aromatic rings. The molecule has 0 fully saturated rings. The lowest BCUT2D eigenvalue weighted by Gasteiger charge is -2.06. The van der Waals surface area contributed by atoms with Crippen LogP contribution in [0.1, 0.15) is 38.2 Å². The van der Waals surface area contributed by atoms with Gasteiger partial charge in [0.15, 0.2) is 0 Å². The summed E-state index contributed by atoms with van der Waals surface area (Å²) in [5.41, 5.74) is 1.29. The van der Waals surface area contributed by atoms with Crippen molar-refractivity contribution in [1.82, 2.24) is 0 Å². The zero-order valence-corrected chi connectivity index (χ0v) is 10.2. The van der Waals surface area contributed by atoms with Gasteiger partial charge in [-0.15, -0.1) is 6.58 Å². The van der Waals surface area contributed by atoms with Crippen LogP contribution in [0.3, 0.4) is 0 Å². The van der Waals surface area contributed by atoms with Crippen LogP contribution in [0.5, 0.6) is 5.75 Å². The van der Waals surface area contributed by atoms with Crippen molar-refractivity contribution < 1.29 is 4.74 Å². The lowest BCUT2D eigenvalue weighted by molar-refractivity contribution is 0.305. The SMILES string of the molecule is C=CCc1ccc(OCCCCCC)cc1. The van der Waals surface area contributed by atoms with Gasteiger partial charge in [0.25, 0.3) is 0 Å². The van der Waals surface area contributed by atoms with E-state index in [0.717, 1.165) is 25.2 Å². The van der Waals surface area contributed by atoms with Crippen molar-refractivity contribution in [3.8, 4) is 5.75 Å². The number of unbranched alkanes of at least 4 members (excludes halogenated alkanes) is 3. The number of allylic oxidation sites excluding steroid dienone is 1. The molecule has 0 bridgehead atoms. The first-order chi connectivity index (χ1) is 7.86. The van der Waals surface area contributed by atoms with E-state index in [9.17, 15) is 0 Å². The summed E-state index contributed by atoms with van der Waals surface area (Å²) in [6.45, 7) is 6.78. The Bertz CT molecular complexity index is 287. The average molecular weight is 218 g/mol. The molecule has 0 unspecified atom stereocenters. The smallest absolute Gasteiger partial charge is 0.119 e. The molecule has 0 heterocycles. The molecule has 1 rings (SSSR count). The summed E-state index contributed by atoms with van der Waals surface area (Å²) in [6.07, 6.45) is 7.85. The van der Waals surface area contributed by atoms with Crippen molar-refractivity contribution in [3.05, 3.63) is 42.5 Å². The summed E-state index contributed by atoms with van der Waals surface area (Å²) in [4.78, 5) is 0. The van der Waals surface area contributed by atoms with Crippen molar-refractivity contribution in [2.24, 2.45) is 0 Å². The number of hydrogen-bond acceptors (Lipinski definition) is 1. The highest BCUT2D eigenvalue weighted by atomic mass is 16.5. The second kappa shape index (κ2) is 7.98. The van der Waals surface area contributed by atoms with Crippen LogP contribution >= 0.6 is 0 Å². The van der Waals surface area contributed by atoms with Crippen LogP contribution in [-0.2, 0) is 6.42 Å². The molecule has 1 heteroatoms. The van der Waals surface area contributed by atoms with Crippen molar-refractivity contribution in [2.45, 2.75) is 39.0 Å². The number of ether oxygens (including phenoxy) is 1. The Labute approximate surface area is 99.1 Å². The first-order valence-corrected chi connectivity index (χ1v) is 6.19. The third-order valence-corrected chi connectivity index (χ3v) is 2.57. The summed E-state index contributed by atoms with van der Waals surface area (Å²) in [5, 5.41) is 0. The fourth-order valence-corrected chi connectivity index (χ4v) is 1.61. The molecule has 0 aliphatic heterocycles. The van der Waals surface area contributed by atoms with Crippen LogP contribution in [0.25, 0.3) is 0 Å². The van der Waals surface area contributed by atoms with Crippen molar-refractivity contribution >= 4 is 0 Å². The molecule has 0 saturated carbocycles. The third kappa shape index (κ3) is 5.01. The minimum absolute atomic E-state index is 0.834. The summed E-state index contributed by atoms with van der Waals surface area (Å²) < 4.78 is 5.66. The first-order valence-electron chi connectivity index (χ1n) is 6.19. The van der Waals surface area contributed by atoms with Gasteiger partial charge in [0.1, 0.15) is 5.75 Å². The molecule has 0 saturated heterocycles. The molecule has 0 aliphatic rings. The molecule has 0 atom stereocenters. The van der Waals surface area contributed by atoms with Crippen LogP contribution < -0.4 is 4.74 Å². The van der Waals surface area contributed by atoms with E-state index in [2.05, 4.69) is 25.6 Å². The van der Waals surface area contributed by atoms with Gasteiger partial charge in [-0.05, 0) is 30.5 Å². The Morgan fingerprint density at radius 3 is 2.50 bits per heavy atom. The largest absolute Gasteiger partial charge is 0.494 e. The Hall–Kier alpha value is -1.24. The van der Waals surface area contributed by atoms with E-state index in [1.54, 1.807) is 0 Å². The van der Waals surface area contributed by atoms with E-state index >= 15 is 0 Å². The van der Waals surface area contributed by atoms with E-state index in [-0.39, 0.29) is 0 Å². The summed E-state index contributed by atoms with van der Waals surface area (Å²) in [7, 11) is 0. The fourth-order valence-electron chi connectivity index (χ4n) is 1.61. The molecule has 0 aromatic heterocycles. The number of hydrogen-bond donors (Lipinski definition) is 0. The van der Waals surface area contributed by atoms with Crippen LogP contribution in [0.4, 0.5) is 0 Å². The topological polar surface area (TPSA) is 9.23 Å². The van der Waals surface area contributed by atoms with E-state index in [0.29, 0.717) is 0 Å². The maximum absolute atomic E-state index is 5.66. The van der Waals surface area contributed by atoms with Gasteiger partial charge in [-0.1, -0.05) is 44.4 Å². The molecular formula is C15H22O. The minimum atomic E-state index is 0.834. The summed E-state index contributed by atoms with van der Waals surface area (Å²) >= 11 is 0. The molecule has 88 valence electrons. The third-order valence-electron chi connectivity index (χ3n) is 2.57. The van der Waals surface area contributed by atoms with E-state index in [4.69, 9.17) is 4.74 Å². The predicted molar refractivity (Wildman–Crippen MR) is 70.0 cm³/mol. The Morgan fingerprint density at radius 2 is 1.88 bits per heavy atom. The second-order valence-electron chi connectivity index (χ2n) is 4.05. The quantitative estimate of drug-likeness (QED) is 0.465. The first kappa shape index (κ1) is 12.8. The van der Waals surface area contributed by atoms with Gasteiger partial charge >= 0.3 is 0 Å². The number of benzene rings is 1. The van der Waals surface area contributed by atoms with Crippen molar-refractivity contribution in [2.75, 3.05) is 6.61 Å². The Kier molecular flexibility index (Phi) is 6.39. The maximum Gasteiger partial charge on any atom is 0.119 e. The zero-order chi connectivity index (χ0) is 11.6. The molecule has 0 spiro atoms. The van der Waals surface area contributed by atoms with Crippen molar-refractivity contribution in [1.29, 1.82) is 0 Å². The minimum Gasteiger partial charge on any atom is -0.494 e. The number of rotatable bonds is 8. The molecule has 16 heavy (non-hydrogen) atoms. The van der Waals surface area contributed by atoms with Crippen LogP contribution in [-0.4, -0.2) is 6.61 Å². The van der Waals surface area contributed by atoms with Crippen LogP contribution in [0, 0.1) is 0 Å². The highest BCUT2D eigenvalue weighted by Crippen LogP contribution is 2.13. The molecule has 0 aliphatic carbocycles. The van der Waals surface area contributed by atoms with Crippen LogP contribution in [0.15, 0.2) is 36.9 Å². The van der Waals surface area contributed by atoms with Crippen molar-refractivity contribution in [3.63, 3.8) is 0 Å². The van der Waals surface area contributed by atoms with Gasteiger partial charge in [0, 0.05) is 0 Å². The highest BCUT2D eigenvalue weighted by Gasteiger charge is 1.94. The maximum atomic E-state index is 5.66. The van der Waals surface area contributed by atoms with Gasteiger partial charge in [-0.3, -0.25) is 0 Å². The molecule has 1 aromatic carbocycles. The van der Waals surface area contributed by atoms with Gasteiger partial charge in [0.05, 0.1) is 6.61 Å². The fraction of sp³-hybridized carbons (Fsp3) is 0.467. The monoisotopic (exact) mass is 218 g/mol. The molecule has 1 nitrogen and oxygen atoms in total. The standard InChI is InChI=1S/C15H22O/c1-3-5-6-7-13-16-15-11-9-14(8-4-2)10-12-15/h4,9-12H,2-3,5-8,13H2,1H3. The van der Waals surface area contributed by atoms with E-state index < -0.39 is 0 Å². The van der Waals surface area contributed by atoms with Crippen LogP contribution in [0.2, 0.25) is 0 Å². The zero-order valence-electron chi connectivity index (χ0n) is 10.2. The van der Waals surface area contributed by atoms with E-state index in [1.165, 1.54) is 24.8 Å². The van der Waals surface area contributed by atoms with Gasteiger partial charge in [-0.25, -0.2) is 0 Å². The summed E-state index contributed by atoms with van der Waals surface area (Å²) in [5.74, 6) is 0.976. The second-order valence-corrected chi connectivity index (χ2v) is 4.05.